The van der Waals surface area contributed by atoms with Crippen molar-refractivity contribution in [1.29, 1.82) is 0 Å². The number of fused-ring (bicyclic) bond motifs is 1. The lowest BCUT2D eigenvalue weighted by Gasteiger charge is -2.33. The van der Waals surface area contributed by atoms with E-state index in [0.717, 1.165) is 68.2 Å². The van der Waals surface area contributed by atoms with E-state index in [0.29, 0.717) is 5.82 Å². The van der Waals surface area contributed by atoms with Crippen LogP contribution in [-0.2, 0) is 17.8 Å². The topological polar surface area (TPSA) is 69.3 Å². The highest BCUT2D eigenvalue weighted by molar-refractivity contribution is 5.84. The average molecular weight is 449 g/mol. The highest BCUT2D eigenvalue weighted by Crippen LogP contribution is 2.33. The van der Waals surface area contributed by atoms with Crippen LogP contribution in [0.4, 0.5) is 0 Å². The zero-order chi connectivity index (χ0) is 22.8. The number of rotatable bonds is 5. The first-order valence-electron chi connectivity index (χ1n) is 12.8. The Morgan fingerprint density at radius 1 is 1.09 bits per heavy atom. The SMILES string of the molecule is CC(C(=O)N1CCCC1c1nc2c(c(=O)[nH]1)CCN(CC1CCCCC1)C2)c1ccccc1. The third-order valence-corrected chi connectivity index (χ3v) is 7.93. The van der Waals surface area contributed by atoms with Gasteiger partial charge < -0.3 is 9.88 Å². The molecular weight excluding hydrogens is 412 g/mol. The summed E-state index contributed by atoms with van der Waals surface area (Å²) in [5.74, 6) is 1.36. The maximum Gasteiger partial charge on any atom is 0.254 e. The largest absolute Gasteiger partial charge is 0.332 e. The molecule has 3 aliphatic rings. The Morgan fingerprint density at radius 2 is 1.88 bits per heavy atom. The predicted octanol–water partition coefficient (Wildman–Crippen LogP) is 4.18. The molecule has 5 rings (SSSR count). The maximum atomic E-state index is 13.4. The highest BCUT2D eigenvalue weighted by Gasteiger charge is 2.35. The molecule has 1 N–H and O–H groups in total. The minimum atomic E-state index is -0.206. The lowest BCUT2D eigenvalue weighted by atomic mass is 9.88. The fourth-order valence-electron chi connectivity index (χ4n) is 6.01. The molecule has 1 saturated heterocycles. The fourth-order valence-corrected chi connectivity index (χ4v) is 6.01. The molecule has 0 bridgehead atoms. The fraction of sp³-hybridized carbons (Fsp3) is 0.593. The van der Waals surface area contributed by atoms with Crippen LogP contribution >= 0.6 is 0 Å². The van der Waals surface area contributed by atoms with Gasteiger partial charge in [-0.15, -0.1) is 0 Å². The third-order valence-electron chi connectivity index (χ3n) is 7.93. The molecule has 2 unspecified atom stereocenters. The Bertz CT molecular complexity index is 1030. The number of hydrogen-bond acceptors (Lipinski definition) is 4. The number of aromatic nitrogens is 2. The first-order valence-corrected chi connectivity index (χ1v) is 12.8. The van der Waals surface area contributed by atoms with Gasteiger partial charge >= 0.3 is 0 Å². The van der Waals surface area contributed by atoms with Gasteiger partial charge in [-0.1, -0.05) is 49.6 Å². The van der Waals surface area contributed by atoms with Crippen LogP contribution in [-0.4, -0.2) is 45.3 Å². The van der Waals surface area contributed by atoms with Crippen molar-refractivity contribution in [1.82, 2.24) is 19.8 Å². The number of likely N-dealkylation sites (tertiary alicyclic amines) is 1. The molecule has 2 aliphatic heterocycles. The molecule has 1 aromatic heterocycles. The van der Waals surface area contributed by atoms with Crippen LogP contribution in [0.2, 0.25) is 0 Å². The molecule has 2 atom stereocenters. The van der Waals surface area contributed by atoms with Crippen molar-refractivity contribution in [2.24, 2.45) is 5.92 Å². The van der Waals surface area contributed by atoms with Crippen molar-refractivity contribution < 1.29 is 4.79 Å². The summed E-state index contributed by atoms with van der Waals surface area (Å²) in [7, 11) is 0. The van der Waals surface area contributed by atoms with Gasteiger partial charge in [0.05, 0.1) is 17.7 Å². The Labute approximate surface area is 196 Å². The molecule has 0 radical (unpaired) electrons. The van der Waals surface area contributed by atoms with Gasteiger partial charge in [-0.2, -0.15) is 0 Å². The number of amides is 1. The van der Waals surface area contributed by atoms with E-state index in [1.165, 1.54) is 32.1 Å². The van der Waals surface area contributed by atoms with Crippen molar-refractivity contribution in [3.63, 3.8) is 0 Å². The molecular formula is C27H36N4O2. The van der Waals surface area contributed by atoms with Crippen LogP contribution in [0.1, 0.15) is 86.5 Å². The van der Waals surface area contributed by atoms with Crippen molar-refractivity contribution in [2.75, 3.05) is 19.6 Å². The summed E-state index contributed by atoms with van der Waals surface area (Å²) in [5, 5.41) is 0. The van der Waals surface area contributed by atoms with Crippen LogP contribution in [0, 0.1) is 5.92 Å². The number of benzene rings is 1. The summed E-state index contributed by atoms with van der Waals surface area (Å²) in [5.41, 5.74) is 2.78. The summed E-state index contributed by atoms with van der Waals surface area (Å²) in [6.07, 6.45) is 9.29. The summed E-state index contributed by atoms with van der Waals surface area (Å²) < 4.78 is 0. The minimum Gasteiger partial charge on any atom is -0.332 e. The second kappa shape index (κ2) is 9.80. The lowest BCUT2D eigenvalue weighted by molar-refractivity contribution is -0.133. The van der Waals surface area contributed by atoms with Crippen LogP contribution < -0.4 is 5.56 Å². The van der Waals surface area contributed by atoms with Crippen molar-refractivity contribution in [3.8, 4) is 0 Å². The normalized spacial score (nSPS) is 22.8. The molecule has 1 aromatic carbocycles. The zero-order valence-corrected chi connectivity index (χ0v) is 19.8. The second-order valence-electron chi connectivity index (χ2n) is 10.2. The Balaban J connectivity index is 1.34. The summed E-state index contributed by atoms with van der Waals surface area (Å²) in [6, 6.07) is 9.79. The van der Waals surface area contributed by atoms with E-state index in [4.69, 9.17) is 4.98 Å². The maximum absolute atomic E-state index is 13.4. The number of hydrogen-bond donors (Lipinski definition) is 1. The van der Waals surface area contributed by atoms with Crippen LogP contribution in [0.3, 0.4) is 0 Å². The van der Waals surface area contributed by atoms with Crippen molar-refractivity contribution in [2.45, 2.75) is 76.8 Å². The van der Waals surface area contributed by atoms with Crippen LogP contribution in [0.5, 0.6) is 0 Å². The van der Waals surface area contributed by atoms with E-state index in [1.54, 1.807) is 0 Å². The number of carbonyl (C=O) groups excluding carboxylic acids is 1. The summed E-state index contributed by atoms with van der Waals surface area (Å²) in [4.78, 5) is 38.8. The molecule has 6 nitrogen and oxygen atoms in total. The predicted molar refractivity (Wildman–Crippen MR) is 129 cm³/mol. The van der Waals surface area contributed by atoms with E-state index in [2.05, 4.69) is 9.88 Å². The monoisotopic (exact) mass is 448 g/mol. The Hall–Kier alpha value is -2.47. The second-order valence-corrected chi connectivity index (χ2v) is 10.2. The minimum absolute atomic E-state index is 0.0114. The average Bonchev–Trinajstić information content (AvgIpc) is 3.34. The molecule has 0 spiro atoms. The van der Waals surface area contributed by atoms with Gasteiger partial charge in [-0.3, -0.25) is 14.5 Å². The van der Waals surface area contributed by atoms with E-state index in [-0.39, 0.29) is 23.4 Å². The Kier molecular flexibility index (Phi) is 6.63. The molecule has 3 heterocycles. The third kappa shape index (κ3) is 4.77. The number of aromatic amines is 1. The molecule has 176 valence electrons. The highest BCUT2D eigenvalue weighted by atomic mass is 16.2. The summed E-state index contributed by atoms with van der Waals surface area (Å²) >= 11 is 0. The first-order chi connectivity index (χ1) is 16.1. The number of carbonyl (C=O) groups is 1. The number of nitrogens with one attached hydrogen (secondary N) is 1. The van der Waals surface area contributed by atoms with E-state index >= 15 is 0 Å². The van der Waals surface area contributed by atoms with Gasteiger partial charge in [0.2, 0.25) is 5.91 Å². The Morgan fingerprint density at radius 3 is 2.67 bits per heavy atom. The molecule has 1 aliphatic carbocycles. The van der Waals surface area contributed by atoms with Gasteiger partial charge in [-0.05, 0) is 50.5 Å². The van der Waals surface area contributed by atoms with E-state index in [1.807, 2.05) is 42.2 Å². The van der Waals surface area contributed by atoms with Gasteiger partial charge in [0.25, 0.3) is 5.56 Å². The van der Waals surface area contributed by atoms with Crippen LogP contribution in [0.15, 0.2) is 35.1 Å². The number of H-pyrrole nitrogens is 1. The lowest BCUT2D eigenvalue weighted by Crippen LogP contribution is -2.40. The smallest absolute Gasteiger partial charge is 0.254 e. The van der Waals surface area contributed by atoms with Gasteiger partial charge in [0.15, 0.2) is 0 Å². The molecule has 2 fully saturated rings. The van der Waals surface area contributed by atoms with Crippen molar-refractivity contribution in [3.05, 3.63) is 63.3 Å². The van der Waals surface area contributed by atoms with Crippen molar-refractivity contribution >= 4 is 5.91 Å². The first kappa shape index (κ1) is 22.3. The molecule has 2 aromatic rings. The van der Waals surface area contributed by atoms with E-state index in [9.17, 15) is 9.59 Å². The standard InChI is InChI=1S/C27H36N4O2/c1-19(21-11-6-3-7-12-21)27(33)31-15-8-13-24(31)25-28-23-18-30(16-14-22(23)26(32)29-25)17-20-9-4-2-5-10-20/h3,6-7,11-12,19-20,24H,2,4-5,8-10,13-18H2,1H3,(H,28,29,32). The zero-order valence-electron chi connectivity index (χ0n) is 19.8. The molecule has 33 heavy (non-hydrogen) atoms. The molecule has 1 amide bonds. The van der Waals surface area contributed by atoms with Gasteiger partial charge in [-0.25, -0.2) is 4.98 Å². The molecule has 6 heteroatoms. The molecule has 1 saturated carbocycles. The van der Waals surface area contributed by atoms with E-state index < -0.39 is 0 Å². The summed E-state index contributed by atoms with van der Waals surface area (Å²) in [6.45, 7) is 5.50. The van der Waals surface area contributed by atoms with Gasteiger partial charge in [0.1, 0.15) is 5.82 Å². The quantitative estimate of drug-likeness (QED) is 0.745. The number of nitrogens with zero attached hydrogens (tertiary/aromatic N) is 3. The van der Waals surface area contributed by atoms with Crippen LogP contribution in [0.25, 0.3) is 0 Å². The van der Waals surface area contributed by atoms with Gasteiger partial charge in [0, 0.05) is 31.7 Å².